The highest BCUT2D eigenvalue weighted by atomic mass is 32.2. The van der Waals surface area contributed by atoms with E-state index < -0.39 is 5.51 Å². The van der Waals surface area contributed by atoms with Crippen LogP contribution in [-0.2, 0) is 0 Å². The zero-order chi connectivity index (χ0) is 10.3. The number of hydrogen-bond donors (Lipinski definition) is 1. The Balaban J connectivity index is 3.09. The van der Waals surface area contributed by atoms with Crippen LogP contribution < -0.4 is 5.73 Å². The van der Waals surface area contributed by atoms with E-state index in [-0.39, 0.29) is 23.6 Å². The Hall–Kier alpha value is 0.450. The molecular formula is C7H14F3NS2. The average molecular weight is 233 g/mol. The molecule has 1 unspecified atom stereocenters. The fourth-order valence-corrected chi connectivity index (χ4v) is 2.37. The van der Waals surface area contributed by atoms with Crippen LogP contribution in [0.4, 0.5) is 13.2 Å². The van der Waals surface area contributed by atoms with Crippen molar-refractivity contribution >= 4 is 23.5 Å². The molecule has 0 saturated heterocycles. The first-order valence-electron chi connectivity index (χ1n) is 3.96. The zero-order valence-corrected chi connectivity index (χ0v) is 9.07. The van der Waals surface area contributed by atoms with Gasteiger partial charge in [0.2, 0.25) is 0 Å². The maximum absolute atomic E-state index is 11.6. The third-order valence-corrected chi connectivity index (χ3v) is 3.22. The quantitative estimate of drug-likeness (QED) is 0.714. The Kier molecular flexibility index (Phi) is 7.07. The lowest BCUT2D eigenvalue weighted by atomic mass is 10.3. The largest absolute Gasteiger partial charge is 0.441 e. The lowest BCUT2D eigenvalue weighted by molar-refractivity contribution is -0.0326. The van der Waals surface area contributed by atoms with Crippen molar-refractivity contribution in [2.75, 3.05) is 17.3 Å². The smallest absolute Gasteiger partial charge is 0.328 e. The van der Waals surface area contributed by atoms with Gasteiger partial charge in [-0.2, -0.15) is 24.9 Å². The Morgan fingerprint density at radius 1 is 1.23 bits per heavy atom. The molecule has 1 nitrogen and oxygen atoms in total. The molecule has 0 aliphatic carbocycles. The summed E-state index contributed by atoms with van der Waals surface area (Å²) in [5.41, 5.74) is 1.40. The molecule has 0 rings (SSSR count). The van der Waals surface area contributed by atoms with Gasteiger partial charge in [0.1, 0.15) is 0 Å². The van der Waals surface area contributed by atoms with Crippen LogP contribution >= 0.6 is 23.5 Å². The Morgan fingerprint density at radius 3 is 2.31 bits per heavy atom. The number of nitrogens with two attached hydrogens (primary N) is 1. The van der Waals surface area contributed by atoms with Crippen LogP contribution in [0.5, 0.6) is 0 Å². The third-order valence-electron chi connectivity index (χ3n) is 1.21. The summed E-state index contributed by atoms with van der Waals surface area (Å²) < 4.78 is 34.9. The predicted molar refractivity (Wildman–Crippen MR) is 54.1 cm³/mol. The molecule has 80 valence electrons. The second kappa shape index (κ2) is 6.84. The summed E-state index contributed by atoms with van der Waals surface area (Å²) in [6, 6.07) is 0.141. The first-order chi connectivity index (χ1) is 5.92. The van der Waals surface area contributed by atoms with Crippen molar-refractivity contribution in [3.63, 3.8) is 0 Å². The number of thioether (sulfide) groups is 2. The molecule has 0 bridgehead atoms. The Labute approximate surface area is 85.0 Å². The van der Waals surface area contributed by atoms with Crippen LogP contribution in [0.3, 0.4) is 0 Å². The molecule has 6 heteroatoms. The molecular weight excluding hydrogens is 219 g/mol. The van der Waals surface area contributed by atoms with E-state index in [1.807, 2.05) is 6.92 Å². The average Bonchev–Trinajstić information content (AvgIpc) is 1.93. The van der Waals surface area contributed by atoms with E-state index in [2.05, 4.69) is 0 Å². The molecule has 1 atom stereocenters. The number of rotatable bonds is 6. The highest BCUT2D eigenvalue weighted by Crippen LogP contribution is 2.30. The Bertz CT molecular complexity index is 127. The maximum atomic E-state index is 11.6. The van der Waals surface area contributed by atoms with E-state index in [1.165, 1.54) is 11.8 Å². The molecule has 0 amide bonds. The molecule has 0 spiro atoms. The predicted octanol–water partition coefficient (Wildman–Crippen LogP) is 2.71. The van der Waals surface area contributed by atoms with Crippen LogP contribution in [0, 0.1) is 0 Å². The summed E-state index contributed by atoms with van der Waals surface area (Å²) in [7, 11) is 0. The minimum absolute atomic E-state index is 0.0403. The van der Waals surface area contributed by atoms with Gasteiger partial charge in [0.15, 0.2) is 0 Å². The van der Waals surface area contributed by atoms with Crippen molar-refractivity contribution in [1.29, 1.82) is 0 Å². The van der Waals surface area contributed by atoms with Crippen LogP contribution in [0.25, 0.3) is 0 Å². The SMILES string of the molecule is CC(N)CCSCCSC(F)(F)F. The molecule has 0 radical (unpaired) electrons. The summed E-state index contributed by atoms with van der Waals surface area (Å²) in [6.07, 6.45) is 0.862. The summed E-state index contributed by atoms with van der Waals surface area (Å²) in [4.78, 5) is 0. The van der Waals surface area contributed by atoms with Crippen LogP contribution in [0.2, 0.25) is 0 Å². The molecule has 0 fully saturated rings. The molecule has 13 heavy (non-hydrogen) atoms. The van der Waals surface area contributed by atoms with Crippen molar-refractivity contribution in [1.82, 2.24) is 0 Å². The van der Waals surface area contributed by atoms with Gasteiger partial charge in [-0.3, -0.25) is 0 Å². The monoisotopic (exact) mass is 233 g/mol. The summed E-state index contributed by atoms with van der Waals surface area (Å²) in [5.74, 6) is 1.51. The van der Waals surface area contributed by atoms with Crippen LogP contribution in [0.1, 0.15) is 13.3 Å². The second-order valence-electron chi connectivity index (χ2n) is 2.67. The highest BCUT2D eigenvalue weighted by Gasteiger charge is 2.27. The fraction of sp³-hybridized carbons (Fsp3) is 1.00. The van der Waals surface area contributed by atoms with E-state index >= 15 is 0 Å². The van der Waals surface area contributed by atoms with Gasteiger partial charge in [0, 0.05) is 17.5 Å². The highest BCUT2D eigenvalue weighted by molar-refractivity contribution is 8.03. The van der Waals surface area contributed by atoms with Crippen molar-refractivity contribution in [2.24, 2.45) is 5.73 Å². The standard InChI is InChI=1S/C7H14F3NS2/c1-6(11)2-3-12-4-5-13-7(8,9)10/h6H,2-5,11H2,1H3. The molecule has 0 aromatic heterocycles. The van der Waals surface area contributed by atoms with Crippen molar-refractivity contribution in [3.8, 4) is 0 Å². The molecule has 0 aromatic carbocycles. The van der Waals surface area contributed by atoms with E-state index in [0.29, 0.717) is 5.75 Å². The molecule has 0 aromatic rings. The number of halogens is 3. The summed E-state index contributed by atoms with van der Waals surface area (Å²) >= 11 is 1.56. The van der Waals surface area contributed by atoms with Crippen LogP contribution in [-0.4, -0.2) is 28.8 Å². The first-order valence-corrected chi connectivity index (χ1v) is 6.10. The first kappa shape index (κ1) is 13.4. The maximum Gasteiger partial charge on any atom is 0.441 e. The van der Waals surface area contributed by atoms with Gasteiger partial charge in [-0.15, -0.1) is 0 Å². The van der Waals surface area contributed by atoms with Gasteiger partial charge in [0.05, 0.1) is 0 Å². The third kappa shape index (κ3) is 12.4. The van der Waals surface area contributed by atoms with Gasteiger partial charge in [0.25, 0.3) is 0 Å². The van der Waals surface area contributed by atoms with Gasteiger partial charge < -0.3 is 5.73 Å². The number of hydrogen-bond acceptors (Lipinski definition) is 3. The van der Waals surface area contributed by atoms with Gasteiger partial charge in [-0.1, -0.05) is 11.8 Å². The van der Waals surface area contributed by atoms with E-state index in [1.54, 1.807) is 0 Å². The lowest BCUT2D eigenvalue weighted by Gasteiger charge is -2.06. The minimum atomic E-state index is -4.08. The Morgan fingerprint density at radius 2 is 1.85 bits per heavy atom. The molecule has 0 aliphatic rings. The fourth-order valence-electron chi connectivity index (χ4n) is 0.588. The summed E-state index contributed by atoms with van der Waals surface area (Å²) in [5, 5.41) is 0. The van der Waals surface area contributed by atoms with Crippen molar-refractivity contribution in [3.05, 3.63) is 0 Å². The normalized spacial score (nSPS) is 14.5. The van der Waals surface area contributed by atoms with Gasteiger partial charge >= 0.3 is 5.51 Å². The molecule has 0 saturated carbocycles. The van der Waals surface area contributed by atoms with Crippen LogP contribution in [0.15, 0.2) is 0 Å². The van der Waals surface area contributed by atoms with E-state index in [0.717, 1.165) is 12.2 Å². The van der Waals surface area contributed by atoms with Crippen molar-refractivity contribution in [2.45, 2.75) is 24.9 Å². The minimum Gasteiger partial charge on any atom is -0.328 e. The lowest BCUT2D eigenvalue weighted by Crippen LogP contribution is -2.15. The molecule has 0 heterocycles. The number of alkyl halides is 3. The topological polar surface area (TPSA) is 26.0 Å². The second-order valence-corrected chi connectivity index (χ2v) is 5.06. The molecule has 0 aliphatic heterocycles. The molecule has 2 N–H and O–H groups in total. The van der Waals surface area contributed by atoms with E-state index in [9.17, 15) is 13.2 Å². The van der Waals surface area contributed by atoms with Gasteiger partial charge in [-0.25, -0.2) is 0 Å². The van der Waals surface area contributed by atoms with Crippen molar-refractivity contribution < 1.29 is 13.2 Å². The summed E-state index contributed by atoms with van der Waals surface area (Å²) in [6.45, 7) is 1.89. The zero-order valence-electron chi connectivity index (χ0n) is 7.43. The van der Waals surface area contributed by atoms with E-state index in [4.69, 9.17) is 5.73 Å². The van der Waals surface area contributed by atoms with Gasteiger partial charge in [-0.05, 0) is 19.1 Å².